The van der Waals surface area contributed by atoms with Gasteiger partial charge in [-0.3, -0.25) is 9.59 Å². The Kier molecular flexibility index (Phi) is 9.42. The highest BCUT2D eigenvalue weighted by Crippen LogP contribution is 2.21. The maximum atomic E-state index is 12.0. The van der Waals surface area contributed by atoms with E-state index in [1.54, 1.807) is 18.2 Å². The second kappa shape index (κ2) is 11.0. The molecule has 24 heavy (non-hydrogen) atoms. The van der Waals surface area contributed by atoms with Gasteiger partial charge >= 0.3 is 0 Å². The molecule has 1 aromatic rings. The van der Waals surface area contributed by atoms with Crippen LogP contribution in [0.15, 0.2) is 18.2 Å². The number of hydrogen-bond donors (Lipinski definition) is 3. The standard InChI is InChI=1S/C18H28ClN3O2/c1-13(2)12-21-18(24)15-9-8-14(11-16(15)19)22-17(23)7-5-3-4-6-10-20/h8-9,11,13H,3-7,10,12,20H2,1-2H3,(H,21,24)(H,22,23). The molecule has 4 N–H and O–H groups in total. The van der Waals surface area contributed by atoms with Crippen LogP contribution in [-0.4, -0.2) is 24.9 Å². The van der Waals surface area contributed by atoms with Gasteiger partial charge in [-0.25, -0.2) is 0 Å². The summed E-state index contributed by atoms with van der Waals surface area (Å²) in [6.07, 6.45) is 4.36. The Bertz CT molecular complexity index is 547. The largest absolute Gasteiger partial charge is 0.352 e. The van der Waals surface area contributed by atoms with E-state index >= 15 is 0 Å². The number of rotatable bonds is 10. The van der Waals surface area contributed by atoms with Gasteiger partial charge in [0.15, 0.2) is 0 Å². The van der Waals surface area contributed by atoms with Gasteiger partial charge in [-0.1, -0.05) is 38.3 Å². The van der Waals surface area contributed by atoms with Crippen LogP contribution in [-0.2, 0) is 4.79 Å². The molecule has 0 fully saturated rings. The minimum atomic E-state index is -0.202. The summed E-state index contributed by atoms with van der Waals surface area (Å²) in [6.45, 7) is 5.34. The van der Waals surface area contributed by atoms with Crippen LogP contribution >= 0.6 is 11.6 Å². The molecule has 0 atom stereocenters. The van der Waals surface area contributed by atoms with Crippen molar-refractivity contribution in [2.45, 2.75) is 46.0 Å². The molecule has 0 saturated carbocycles. The predicted octanol–water partition coefficient (Wildman–Crippen LogP) is 3.57. The van der Waals surface area contributed by atoms with Crippen molar-refractivity contribution in [2.24, 2.45) is 11.7 Å². The summed E-state index contributed by atoms with van der Waals surface area (Å²) in [4.78, 5) is 23.9. The molecule has 6 heteroatoms. The number of carbonyl (C=O) groups excluding carboxylic acids is 2. The SMILES string of the molecule is CC(C)CNC(=O)c1ccc(NC(=O)CCCCCCN)cc1Cl. The highest BCUT2D eigenvalue weighted by atomic mass is 35.5. The molecule has 2 amide bonds. The quantitative estimate of drug-likeness (QED) is 0.562. The van der Waals surface area contributed by atoms with E-state index in [1.165, 1.54) is 0 Å². The van der Waals surface area contributed by atoms with Crippen molar-refractivity contribution in [2.75, 3.05) is 18.4 Å². The van der Waals surface area contributed by atoms with Gasteiger partial charge in [-0.05, 0) is 43.5 Å². The molecule has 1 aromatic carbocycles. The molecular weight excluding hydrogens is 326 g/mol. The summed E-state index contributed by atoms with van der Waals surface area (Å²) in [6, 6.07) is 4.94. The lowest BCUT2D eigenvalue weighted by molar-refractivity contribution is -0.116. The summed E-state index contributed by atoms with van der Waals surface area (Å²) in [5, 5.41) is 5.97. The molecule has 0 aliphatic carbocycles. The van der Waals surface area contributed by atoms with Crippen molar-refractivity contribution in [1.29, 1.82) is 0 Å². The Morgan fingerprint density at radius 3 is 2.50 bits per heavy atom. The topological polar surface area (TPSA) is 84.2 Å². The van der Waals surface area contributed by atoms with Crippen LogP contribution in [0.25, 0.3) is 0 Å². The molecule has 0 aromatic heterocycles. The van der Waals surface area contributed by atoms with Crippen LogP contribution < -0.4 is 16.4 Å². The van der Waals surface area contributed by atoms with Crippen LogP contribution in [0.2, 0.25) is 5.02 Å². The maximum Gasteiger partial charge on any atom is 0.252 e. The van der Waals surface area contributed by atoms with E-state index < -0.39 is 0 Å². The number of carbonyl (C=O) groups is 2. The van der Waals surface area contributed by atoms with E-state index in [-0.39, 0.29) is 11.8 Å². The fraction of sp³-hybridized carbons (Fsp3) is 0.556. The molecule has 134 valence electrons. The molecule has 0 heterocycles. The lowest BCUT2D eigenvalue weighted by atomic mass is 10.1. The number of nitrogens with two attached hydrogens (primary N) is 1. The second-order valence-corrected chi connectivity index (χ2v) is 6.71. The first-order chi connectivity index (χ1) is 11.4. The van der Waals surface area contributed by atoms with Gasteiger partial charge in [-0.2, -0.15) is 0 Å². The van der Waals surface area contributed by atoms with Crippen molar-refractivity contribution in [3.8, 4) is 0 Å². The fourth-order valence-corrected chi connectivity index (χ4v) is 2.44. The molecule has 0 saturated heterocycles. The minimum absolute atomic E-state index is 0.0455. The third kappa shape index (κ3) is 7.79. The van der Waals surface area contributed by atoms with Crippen LogP contribution in [0.3, 0.4) is 0 Å². The molecule has 0 unspecified atom stereocenters. The van der Waals surface area contributed by atoms with Gasteiger partial charge in [0, 0.05) is 18.7 Å². The summed E-state index contributed by atoms with van der Waals surface area (Å²) in [5.41, 5.74) is 6.45. The van der Waals surface area contributed by atoms with Gasteiger partial charge in [0.05, 0.1) is 10.6 Å². The Balaban J connectivity index is 2.49. The molecule has 0 spiro atoms. The van der Waals surface area contributed by atoms with Gasteiger partial charge in [0.25, 0.3) is 5.91 Å². The zero-order valence-corrected chi connectivity index (χ0v) is 15.3. The summed E-state index contributed by atoms with van der Waals surface area (Å²) in [7, 11) is 0. The summed E-state index contributed by atoms with van der Waals surface area (Å²) in [5.74, 6) is 0.124. The van der Waals surface area contributed by atoms with Crippen LogP contribution in [0.1, 0.15) is 56.3 Å². The van der Waals surface area contributed by atoms with Crippen LogP contribution in [0, 0.1) is 5.92 Å². The van der Waals surface area contributed by atoms with Gasteiger partial charge in [0.1, 0.15) is 0 Å². The third-order valence-electron chi connectivity index (χ3n) is 3.53. The van der Waals surface area contributed by atoms with E-state index in [2.05, 4.69) is 10.6 Å². The Hall–Kier alpha value is -1.59. The Morgan fingerprint density at radius 1 is 1.17 bits per heavy atom. The van der Waals surface area contributed by atoms with E-state index in [9.17, 15) is 9.59 Å². The molecule has 1 rings (SSSR count). The number of anilines is 1. The Morgan fingerprint density at radius 2 is 1.88 bits per heavy atom. The molecule has 0 bridgehead atoms. The van der Waals surface area contributed by atoms with E-state index in [0.29, 0.717) is 41.7 Å². The van der Waals surface area contributed by atoms with Crippen molar-refractivity contribution in [1.82, 2.24) is 5.32 Å². The fourth-order valence-electron chi connectivity index (χ4n) is 2.18. The molecule has 0 radical (unpaired) electrons. The van der Waals surface area contributed by atoms with Gasteiger partial charge < -0.3 is 16.4 Å². The third-order valence-corrected chi connectivity index (χ3v) is 3.84. The maximum absolute atomic E-state index is 12.0. The summed E-state index contributed by atoms with van der Waals surface area (Å²) < 4.78 is 0. The van der Waals surface area contributed by atoms with Crippen molar-refractivity contribution in [3.05, 3.63) is 28.8 Å². The number of halogens is 1. The lowest BCUT2D eigenvalue weighted by Gasteiger charge is -2.11. The zero-order valence-electron chi connectivity index (χ0n) is 14.5. The van der Waals surface area contributed by atoms with Gasteiger partial charge in [-0.15, -0.1) is 0 Å². The van der Waals surface area contributed by atoms with Crippen molar-refractivity contribution < 1.29 is 9.59 Å². The van der Waals surface area contributed by atoms with E-state index in [4.69, 9.17) is 17.3 Å². The number of benzene rings is 1. The number of unbranched alkanes of at least 4 members (excludes halogenated alkanes) is 3. The van der Waals surface area contributed by atoms with Crippen LogP contribution in [0.5, 0.6) is 0 Å². The number of hydrogen-bond acceptors (Lipinski definition) is 3. The number of nitrogens with one attached hydrogen (secondary N) is 2. The normalized spacial score (nSPS) is 10.7. The average Bonchev–Trinajstić information content (AvgIpc) is 2.52. The van der Waals surface area contributed by atoms with Gasteiger partial charge in [0.2, 0.25) is 5.91 Å². The zero-order chi connectivity index (χ0) is 17.9. The summed E-state index contributed by atoms with van der Waals surface area (Å²) >= 11 is 6.16. The highest BCUT2D eigenvalue weighted by molar-refractivity contribution is 6.34. The first-order valence-electron chi connectivity index (χ1n) is 8.51. The highest BCUT2D eigenvalue weighted by Gasteiger charge is 2.12. The average molecular weight is 354 g/mol. The van der Waals surface area contributed by atoms with Crippen molar-refractivity contribution >= 4 is 29.1 Å². The molecule has 0 aliphatic heterocycles. The minimum Gasteiger partial charge on any atom is -0.352 e. The van der Waals surface area contributed by atoms with Crippen molar-refractivity contribution in [3.63, 3.8) is 0 Å². The first-order valence-corrected chi connectivity index (χ1v) is 8.89. The number of amides is 2. The Labute approximate surface area is 149 Å². The predicted molar refractivity (Wildman–Crippen MR) is 99.4 cm³/mol. The second-order valence-electron chi connectivity index (χ2n) is 6.30. The molecule has 5 nitrogen and oxygen atoms in total. The van der Waals surface area contributed by atoms with Crippen LogP contribution in [0.4, 0.5) is 5.69 Å². The molecule has 0 aliphatic rings. The van der Waals surface area contributed by atoms with E-state index in [1.807, 2.05) is 13.8 Å². The smallest absolute Gasteiger partial charge is 0.252 e. The lowest BCUT2D eigenvalue weighted by Crippen LogP contribution is -2.27. The molecular formula is C18H28ClN3O2. The van der Waals surface area contributed by atoms with E-state index in [0.717, 1.165) is 25.7 Å². The first kappa shape index (κ1) is 20.5. The monoisotopic (exact) mass is 353 g/mol.